The molecule has 1 aromatic carbocycles. The highest BCUT2D eigenvalue weighted by Crippen LogP contribution is 2.41. The number of rotatable bonds is 7. The molecule has 0 aliphatic carbocycles. The first-order chi connectivity index (χ1) is 13.4. The topological polar surface area (TPSA) is 76.1 Å². The molecular formula is C21H23NO5S. The number of amides is 1. The van der Waals surface area contributed by atoms with Crippen LogP contribution in [-0.2, 0) is 14.3 Å². The number of carbonyl (C=O) groups excluding carboxylic acids is 2. The van der Waals surface area contributed by atoms with Crippen molar-refractivity contribution in [2.45, 2.75) is 26.0 Å². The van der Waals surface area contributed by atoms with Crippen molar-refractivity contribution in [2.75, 3.05) is 20.3 Å². The molecule has 0 bridgehead atoms. The van der Waals surface area contributed by atoms with Crippen molar-refractivity contribution in [3.63, 3.8) is 0 Å². The summed E-state index contributed by atoms with van der Waals surface area (Å²) in [4.78, 5) is 27.8. The molecule has 2 aromatic rings. The van der Waals surface area contributed by atoms with Crippen LogP contribution in [0, 0.1) is 0 Å². The monoisotopic (exact) mass is 401 g/mol. The van der Waals surface area contributed by atoms with Crippen molar-refractivity contribution in [2.24, 2.45) is 0 Å². The number of carbonyl (C=O) groups is 2. The van der Waals surface area contributed by atoms with E-state index in [1.807, 2.05) is 31.4 Å². The van der Waals surface area contributed by atoms with Crippen LogP contribution in [0.15, 0.2) is 47.4 Å². The summed E-state index contributed by atoms with van der Waals surface area (Å²) < 4.78 is 10.8. The molecule has 1 atom stereocenters. The summed E-state index contributed by atoms with van der Waals surface area (Å²) in [5.41, 5.74) is 0.516. The van der Waals surface area contributed by atoms with Gasteiger partial charge in [-0.15, -0.1) is 11.3 Å². The van der Waals surface area contributed by atoms with Crippen LogP contribution in [0.3, 0.4) is 0 Å². The predicted molar refractivity (Wildman–Crippen MR) is 107 cm³/mol. The van der Waals surface area contributed by atoms with Crippen molar-refractivity contribution >= 4 is 28.8 Å². The van der Waals surface area contributed by atoms with E-state index in [4.69, 9.17) is 9.47 Å². The number of Topliss-reactive ketones (excluding diaryl/α,β-unsaturated/α-hetero) is 1. The second kappa shape index (κ2) is 8.58. The molecule has 148 valence electrons. The van der Waals surface area contributed by atoms with Gasteiger partial charge in [-0.05, 0) is 37.4 Å². The fraction of sp³-hybridized carbons (Fsp3) is 0.333. The Kier molecular flexibility index (Phi) is 6.16. The standard InChI is InChI=1S/C21H23NO5S/c1-13(2)27-10-9-22-18(16-8-5-11-28-16)17(20(24)21(22)25)19(23)14-6-4-7-15(12-14)26-3/h4-8,11-13,18,23H,9-10H2,1-3H3/b19-17-. The van der Waals surface area contributed by atoms with E-state index in [0.717, 1.165) is 4.88 Å². The van der Waals surface area contributed by atoms with Gasteiger partial charge >= 0.3 is 0 Å². The Hall–Kier alpha value is -2.64. The van der Waals surface area contributed by atoms with Crippen LogP contribution in [0.4, 0.5) is 0 Å². The molecule has 6 nitrogen and oxygen atoms in total. The van der Waals surface area contributed by atoms with Crippen molar-refractivity contribution in [1.82, 2.24) is 4.90 Å². The lowest BCUT2D eigenvalue weighted by Gasteiger charge is -2.24. The molecule has 1 amide bonds. The molecule has 3 rings (SSSR count). The zero-order valence-corrected chi connectivity index (χ0v) is 16.9. The number of aliphatic hydroxyl groups excluding tert-OH is 1. The van der Waals surface area contributed by atoms with Crippen LogP contribution in [-0.4, -0.2) is 48.1 Å². The molecule has 1 N–H and O–H groups in total. The Morgan fingerprint density at radius 2 is 2.04 bits per heavy atom. The quantitative estimate of drug-likeness (QED) is 0.436. The van der Waals surface area contributed by atoms with Crippen LogP contribution in [0.2, 0.25) is 0 Å². The summed E-state index contributed by atoms with van der Waals surface area (Å²) in [5, 5.41) is 12.8. The van der Waals surface area contributed by atoms with Crippen LogP contribution in [0.5, 0.6) is 5.75 Å². The molecule has 7 heteroatoms. The van der Waals surface area contributed by atoms with E-state index in [0.29, 0.717) is 17.9 Å². The third-order valence-corrected chi connectivity index (χ3v) is 5.40. The van der Waals surface area contributed by atoms with Gasteiger partial charge in [0.2, 0.25) is 0 Å². The average Bonchev–Trinajstić information content (AvgIpc) is 3.29. The minimum atomic E-state index is -0.691. The number of ether oxygens (including phenoxy) is 2. The molecule has 28 heavy (non-hydrogen) atoms. The Morgan fingerprint density at radius 1 is 1.25 bits per heavy atom. The fourth-order valence-electron chi connectivity index (χ4n) is 3.17. The lowest BCUT2D eigenvalue weighted by atomic mass is 10.00. The minimum Gasteiger partial charge on any atom is -0.507 e. The highest BCUT2D eigenvalue weighted by atomic mass is 32.1. The van der Waals surface area contributed by atoms with E-state index in [2.05, 4.69) is 0 Å². The molecule has 2 heterocycles. The number of nitrogens with zero attached hydrogens (tertiary/aromatic N) is 1. The first-order valence-corrected chi connectivity index (χ1v) is 9.89. The summed E-state index contributed by atoms with van der Waals surface area (Å²) in [6.07, 6.45) is 0.0220. The van der Waals surface area contributed by atoms with Gasteiger partial charge in [-0.25, -0.2) is 0 Å². The van der Waals surface area contributed by atoms with Gasteiger partial charge in [-0.1, -0.05) is 18.2 Å². The van der Waals surface area contributed by atoms with E-state index >= 15 is 0 Å². The molecule has 1 fully saturated rings. The van der Waals surface area contributed by atoms with Crippen molar-refractivity contribution in [3.8, 4) is 5.75 Å². The van der Waals surface area contributed by atoms with Gasteiger partial charge in [-0.3, -0.25) is 9.59 Å². The third kappa shape index (κ3) is 3.95. The van der Waals surface area contributed by atoms with Crippen LogP contribution in [0.25, 0.3) is 5.76 Å². The highest BCUT2D eigenvalue weighted by molar-refractivity contribution is 7.10. The smallest absolute Gasteiger partial charge is 0.295 e. The first kappa shape index (κ1) is 20.1. The Labute approximate surface area is 168 Å². The van der Waals surface area contributed by atoms with Crippen molar-refractivity contribution in [1.29, 1.82) is 0 Å². The Balaban J connectivity index is 2.04. The van der Waals surface area contributed by atoms with Gasteiger partial charge in [0.05, 0.1) is 31.4 Å². The molecule has 0 spiro atoms. The number of methoxy groups -OCH3 is 1. The summed E-state index contributed by atoms with van der Waals surface area (Å²) in [6, 6.07) is 9.86. The molecule has 1 aliphatic heterocycles. The zero-order chi connectivity index (χ0) is 20.3. The van der Waals surface area contributed by atoms with Gasteiger partial charge in [0, 0.05) is 17.0 Å². The Bertz CT molecular complexity index is 888. The second-order valence-corrected chi connectivity index (χ2v) is 7.64. The SMILES string of the molecule is COc1cccc(/C(O)=C2/C(=O)C(=O)N(CCOC(C)C)C2c2cccs2)c1. The number of aliphatic hydroxyl groups is 1. The molecule has 0 radical (unpaired) electrons. The van der Waals surface area contributed by atoms with E-state index < -0.39 is 17.7 Å². The lowest BCUT2D eigenvalue weighted by molar-refractivity contribution is -0.140. The van der Waals surface area contributed by atoms with Gasteiger partial charge in [-0.2, -0.15) is 0 Å². The molecule has 1 unspecified atom stereocenters. The summed E-state index contributed by atoms with van der Waals surface area (Å²) >= 11 is 1.43. The second-order valence-electron chi connectivity index (χ2n) is 6.66. The van der Waals surface area contributed by atoms with E-state index in [1.54, 1.807) is 24.3 Å². The largest absolute Gasteiger partial charge is 0.507 e. The number of likely N-dealkylation sites (tertiary alicyclic amines) is 1. The molecule has 1 aromatic heterocycles. The minimum absolute atomic E-state index is 0.0220. The van der Waals surface area contributed by atoms with Crippen molar-refractivity contribution < 1.29 is 24.2 Å². The van der Waals surface area contributed by atoms with Crippen LogP contribution in [0.1, 0.15) is 30.3 Å². The molecular weight excluding hydrogens is 378 g/mol. The molecule has 1 aliphatic rings. The molecule has 0 saturated carbocycles. The number of benzene rings is 1. The van der Waals surface area contributed by atoms with Gasteiger partial charge in [0.15, 0.2) is 0 Å². The number of hydrogen-bond acceptors (Lipinski definition) is 6. The zero-order valence-electron chi connectivity index (χ0n) is 16.0. The Morgan fingerprint density at radius 3 is 2.68 bits per heavy atom. The number of ketones is 1. The maximum absolute atomic E-state index is 12.8. The van der Waals surface area contributed by atoms with Gasteiger partial charge in [0.1, 0.15) is 11.5 Å². The fourth-order valence-corrected chi connectivity index (χ4v) is 4.01. The van der Waals surface area contributed by atoms with E-state index in [9.17, 15) is 14.7 Å². The first-order valence-electron chi connectivity index (χ1n) is 9.02. The van der Waals surface area contributed by atoms with E-state index in [1.165, 1.54) is 23.3 Å². The maximum atomic E-state index is 12.8. The summed E-state index contributed by atoms with van der Waals surface area (Å²) in [6.45, 7) is 4.40. The molecule has 1 saturated heterocycles. The van der Waals surface area contributed by atoms with Crippen LogP contribution >= 0.6 is 11.3 Å². The predicted octanol–water partition coefficient (Wildman–Crippen LogP) is 3.60. The van der Waals surface area contributed by atoms with Crippen LogP contribution < -0.4 is 4.74 Å². The normalized spacial score (nSPS) is 18.9. The maximum Gasteiger partial charge on any atom is 0.295 e. The average molecular weight is 401 g/mol. The summed E-state index contributed by atoms with van der Waals surface area (Å²) in [7, 11) is 1.53. The van der Waals surface area contributed by atoms with E-state index in [-0.39, 0.29) is 24.0 Å². The number of hydrogen-bond donors (Lipinski definition) is 1. The lowest BCUT2D eigenvalue weighted by Crippen LogP contribution is -2.33. The highest BCUT2D eigenvalue weighted by Gasteiger charge is 2.46. The summed E-state index contributed by atoms with van der Waals surface area (Å²) in [5.74, 6) is -0.974. The third-order valence-electron chi connectivity index (χ3n) is 4.48. The van der Waals surface area contributed by atoms with Crippen molar-refractivity contribution in [3.05, 3.63) is 57.8 Å². The number of thiophene rings is 1. The van der Waals surface area contributed by atoms with Gasteiger partial charge < -0.3 is 19.5 Å². The van der Waals surface area contributed by atoms with Gasteiger partial charge in [0.25, 0.3) is 11.7 Å².